The Morgan fingerprint density at radius 1 is 1.33 bits per heavy atom. The molecule has 0 N–H and O–H groups in total. The van der Waals surface area contributed by atoms with Gasteiger partial charge in [0.05, 0.1) is 6.10 Å². The third kappa shape index (κ3) is 3.23. The van der Waals surface area contributed by atoms with Gasteiger partial charge in [0, 0.05) is 7.11 Å². The van der Waals surface area contributed by atoms with Crippen LogP contribution in [-0.4, -0.2) is 13.2 Å². The van der Waals surface area contributed by atoms with Gasteiger partial charge in [-0.2, -0.15) is 0 Å². The molecule has 1 aliphatic rings. The minimum Gasteiger partial charge on any atom is -0.756 e. The molecule has 4 nitrogen and oxygen atoms in total. The zero-order valence-electron chi connectivity index (χ0n) is 7.19. The molecule has 1 fully saturated rings. The number of phosphoric acid groups is 1. The number of phosphoric ester groups is 1. The molecule has 0 bridgehead atoms. The summed E-state index contributed by atoms with van der Waals surface area (Å²) in [5.74, 6) is 0. The van der Waals surface area contributed by atoms with E-state index in [2.05, 4.69) is 4.52 Å². The molecule has 0 aliphatic heterocycles. The lowest BCUT2D eigenvalue weighted by Crippen LogP contribution is -2.19. The Balaban J connectivity index is 2.34. The third-order valence-electron chi connectivity index (χ3n) is 2.05. The monoisotopic (exact) mass is 193 g/mol. The highest BCUT2D eigenvalue weighted by atomic mass is 31.2. The van der Waals surface area contributed by atoms with Crippen LogP contribution in [0.15, 0.2) is 0 Å². The van der Waals surface area contributed by atoms with Crippen LogP contribution < -0.4 is 4.89 Å². The van der Waals surface area contributed by atoms with Crippen molar-refractivity contribution in [3.8, 4) is 0 Å². The highest BCUT2D eigenvalue weighted by molar-refractivity contribution is 7.45. The minimum absolute atomic E-state index is 0.151. The van der Waals surface area contributed by atoms with Crippen LogP contribution in [0.1, 0.15) is 32.1 Å². The second kappa shape index (κ2) is 4.38. The first-order valence-electron chi connectivity index (χ1n) is 4.19. The first kappa shape index (κ1) is 10.2. The van der Waals surface area contributed by atoms with Crippen molar-refractivity contribution in [2.45, 2.75) is 38.2 Å². The van der Waals surface area contributed by atoms with Crippen LogP contribution in [0.2, 0.25) is 0 Å². The highest BCUT2D eigenvalue weighted by Gasteiger charge is 2.19. The molecular weight excluding hydrogens is 179 g/mol. The summed E-state index contributed by atoms with van der Waals surface area (Å²) in [6, 6.07) is 0. The van der Waals surface area contributed by atoms with E-state index in [1.165, 1.54) is 6.42 Å². The molecule has 0 aromatic heterocycles. The normalized spacial score (nSPS) is 25.2. The molecule has 0 saturated heterocycles. The van der Waals surface area contributed by atoms with Gasteiger partial charge >= 0.3 is 0 Å². The van der Waals surface area contributed by atoms with Gasteiger partial charge in [0.15, 0.2) is 0 Å². The zero-order chi connectivity index (χ0) is 9.03. The SMILES string of the molecule is COP(=O)([O-])OC1CCCCC1. The fraction of sp³-hybridized carbons (Fsp3) is 1.00. The summed E-state index contributed by atoms with van der Waals surface area (Å²) in [5, 5.41) is 0. The van der Waals surface area contributed by atoms with Gasteiger partial charge in [-0.05, 0) is 12.8 Å². The van der Waals surface area contributed by atoms with Crippen molar-refractivity contribution in [1.82, 2.24) is 0 Å². The largest absolute Gasteiger partial charge is 0.756 e. The quantitative estimate of drug-likeness (QED) is 0.636. The molecule has 1 unspecified atom stereocenters. The second-order valence-electron chi connectivity index (χ2n) is 3.00. The van der Waals surface area contributed by atoms with E-state index >= 15 is 0 Å². The summed E-state index contributed by atoms with van der Waals surface area (Å²) >= 11 is 0. The molecule has 1 saturated carbocycles. The standard InChI is InChI=1S/C7H15O4P/c1-10-12(8,9)11-7-5-3-2-4-6-7/h7H,2-6H2,1H3,(H,8,9)/p-1. The van der Waals surface area contributed by atoms with Crippen molar-refractivity contribution in [2.75, 3.05) is 7.11 Å². The van der Waals surface area contributed by atoms with Gasteiger partial charge in [-0.15, -0.1) is 0 Å². The van der Waals surface area contributed by atoms with Gasteiger partial charge in [-0.1, -0.05) is 19.3 Å². The van der Waals surface area contributed by atoms with Crippen molar-refractivity contribution in [3.05, 3.63) is 0 Å². The smallest absolute Gasteiger partial charge is 0.267 e. The lowest BCUT2D eigenvalue weighted by molar-refractivity contribution is -0.227. The van der Waals surface area contributed by atoms with Crippen LogP contribution in [0.4, 0.5) is 0 Å². The molecule has 1 rings (SSSR count). The molecule has 0 amide bonds. The third-order valence-corrected chi connectivity index (χ3v) is 3.06. The average molecular weight is 193 g/mol. The van der Waals surface area contributed by atoms with E-state index in [1.807, 2.05) is 0 Å². The molecule has 5 heteroatoms. The highest BCUT2D eigenvalue weighted by Crippen LogP contribution is 2.41. The molecular formula is C7H14O4P-. The number of hydrogen-bond donors (Lipinski definition) is 0. The summed E-state index contributed by atoms with van der Waals surface area (Å²) in [7, 11) is -2.87. The van der Waals surface area contributed by atoms with Crippen molar-refractivity contribution in [2.24, 2.45) is 0 Å². The molecule has 0 spiro atoms. The van der Waals surface area contributed by atoms with Gasteiger partial charge in [0.25, 0.3) is 7.82 Å². The zero-order valence-corrected chi connectivity index (χ0v) is 8.09. The summed E-state index contributed by atoms with van der Waals surface area (Å²) < 4.78 is 19.9. The Labute approximate surface area is 72.5 Å². The Morgan fingerprint density at radius 3 is 2.42 bits per heavy atom. The fourth-order valence-corrected chi connectivity index (χ4v) is 2.06. The average Bonchev–Trinajstić information content (AvgIpc) is 2.06. The van der Waals surface area contributed by atoms with Crippen LogP contribution in [-0.2, 0) is 13.6 Å². The van der Waals surface area contributed by atoms with E-state index in [-0.39, 0.29) is 6.10 Å². The molecule has 0 aromatic carbocycles. The molecule has 0 aromatic rings. The molecule has 72 valence electrons. The predicted molar refractivity (Wildman–Crippen MR) is 42.6 cm³/mol. The molecule has 1 atom stereocenters. The molecule has 1 aliphatic carbocycles. The number of rotatable bonds is 3. The second-order valence-corrected chi connectivity index (χ2v) is 4.47. The van der Waals surface area contributed by atoms with E-state index in [1.54, 1.807) is 0 Å². The van der Waals surface area contributed by atoms with Gasteiger partial charge in [0.1, 0.15) is 0 Å². The summed E-state index contributed by atoms with van der Waals surface area (Å²) in [5.41, 5.74) is 0. The van der Waals surface area contributed by atoms with E-state index in [9.17, 15) is 9.46 Å². The van der Waals surface area contributed by atoms with Gasteiger partial charge < -0.3 is 13.9 Å². The molecule has 12 heavy (non-hydrogen) atoms. The fourth-order valence-electron chi connectivity index (χ4n) is 1.40. The molecule has 0 radical (unpaired) electrons. The topological polar surface area (TPSA) is 58.6 Å². The first-order valence-corrected chi connectivity index (χ1v) is 5.65. The van der Waals surface area contributed by atoms with Gasteiger partial charge in [0.2, 0.25) is 0 Å². The van der Waals surface area contributed by atoms with E-state index in [4.69, 9.17) is 4.52 Å². The Kier molecular flexibility index (Phi) is 3.72. The van der Waals surface area contributed by atoms with Crippen molar-refractivity contribution < 1.29 is 18.5 Å². The predicted octanol–water partition coefficient (Wildman–Crippen LogP) is 1.45. The van der Waals surface area contributed by atoms with E-state index in [0.29, 0.717) is 0 Å². The number of hydrogen-bond acceptors (Lipinski definition) is 4. The van der Waals surface area contributed by atoms with Gasteiger partial charge in [-0.3, -0.25) is 4.57 Å². The van der Waals surface area contributed by atoms with Crippen LogP contribution in [0.25, 0.3) is 0 Å². The Hall–Kier alpha value is 0.110. The lowest BCUT2D eigenvalue weighted by Gasteiger charge is -2.28. The summed E-state index contributed by atoms with van der Waals surface area (Å²) in [4.78, 5) is 10.9. The van der Waals surface area contributed by atoms with Crippen LogP contribution in [0.5, 0.6) is 0 Å². The van der Waals surface area contributed by atoms with Crippen LogP contribution in [0, 0.1) is 0 Å². The maximum absolute atomic E-state index is 10.9. The van der Waals surface area contributed by atoms with Crippen LogP contribution in [0.3, 0.4) is 0 Å². The van der Waals surface area contributed by atoms with Gasteiger partial charge in [-0.25, -0.2) is 0 Å². The summed E-state index contributed by atoms with van der Waals surface area (Å²) in [6.45, 7) is 0. The van der Waals surface area contributed by atoms with E-state index < -0.39 is 7.82 Å². The van der Waals surface area contributed by atoms with Crippen molar-refractivity contribution in [1.29, 1.82) is 0 Å². The molecule has 0 heterocycles. The van der Waals surface area contributed by atoms with Crippen LogP contribution >= 0.6 is 7.82 Å². The first-order chi connectivity index (χ1) is 5.64. The van der Waals surface area contributed by atoms with E-state index in [0.717, 1.165) is 32.8 Å². The minimum atomic E-state index is -3.99. The Morgan fingerprint density at radius 2 is 1.92 bits per heavy atom. The maximum atomic E-state index is 10.9. The maximum Gasteiger partial charge on any atom is 0.267 e. The summed E-state index contributed by atoms with van der Waals surface area (Å²) in [6.07, 6.45) is 4.78. The Bertz CT molecular complexity index is 176. The van der Waals surface area contributed by atoms with Crippen molar-refractivity contribution in [3.63, 3.8) is 0 Å². The van der Waals surface area contributed by atoms with Crippen molar-refractivity contribution >= 4 is 7.82 Å². The lowest BCUT2D eigenvalue weighted by atomic mass is 9.98.